The largest absolute Gasteiger partial charge is 0.501 e. The lowest BCUT2D eigenvalue weighted by molar-refractivity contribution is 0.0942. The highest BCUT2D eigenvalue weighted by Gasteiger charge is 2.30. The number of nitrogens with one attached hydrogen (secondary N) is 1. The molecule has 1 saturated heterocycles. The molecule has 2 aromatic heterocycles. The Hall–Kier alpha value is -4.15. The summed E-state index contributed by atoms with van der Waals surface area (Å²) >= 11 is 0. The molecule has 2 N–H and O–H groups in total. The van der Waals surface area contributed by atoms with Gasteiger partial charge >= 0.3 is 11.6 Å². The Morgan fingerprint density at radius 2 is 1.91 bits per heavy atom. The number of hydrogen-bond donors (Lipinski definition) is 2. The number of nitrogens with zero attached hydrogens (tertiary/aromatic N) is 5. The van der Waals surface area contributed by atoms with E-state index in [4.69, 9.17) is 0 Å². The first-order valence-corrected chi connectivity index (χ1v) is 10.2. The van der Waals surface area contributed by atoms with E-state index in [0.717, 1.165) is 4.40 Å². The average molecular weight is 454 g/mol. The molecule has 172 valence electrons. The summed E-state index contributed by atoms with van der Waals surface area (Å²) in [5, 5.41) is 13.0. The minimum Gasteiger partial charge on any atom is -0.501 e. The van der Waals surface area contributed by atoms with E-state index in [0.29, 0.717) is 30.0 Å². The van der Waals surface area contributed by atoms with Gasteiger partial charge in [-0.2, -0.15) is 0 Å². The lowest BCUT2D eigenvalue weighted by atomic mass is 10.2. The Morgan fingerprint density at radius 1 is 1.21 bits per heavy atom. The van der Waals surface area contributed by atoms with Crippen molar-refractivity contribution in [3.63, 3.8) is 0 Å². The van der Waals surface area contributed by atoms with Crippen LogP contribution in [0.3, 0.4) is 0 Å². The van der Waals surface area contributed by atoms with Crippen LogP contribution in [0.15, 0.2) is 41.3 Å². The van der Waals surface area contributed by atoms with E-state index < -0.39 is 28.7 Å². The Balaban J connectivity index is 1.79. The number of benzene rings is 1. The molecule has 0 atom stereocenters. The van der Waals surface area contributed by atoms with Crippen molar-refractivity contribution in [1.82, 2.24) is 19.6 Å². The molecule has 3 aromatic rings. The van der Waals surface area contributed by atoms with E-state index in [1.807, 2.05) is 0 Å². The van der Waals surface area contributed by atoms with Crippen LogP contribution in [0.5, 0.6) is 5.75 Å². The van der Waals surface area contributed by atoms with Crippen LogP contribution in [-0.4, -0.2) is 65.6 Å². The average Bonchev–Trinajstić information content (AvgIpc) is 3.13. The fourth-order valence-electron chi connectivity index (χ4n) is 3.54. The van der Waals surface area contributed by atoms with E-state index in [9.17, 15) is 23.9 Å². The van der Waals surface area contributed by atoms with Crippen molar-refractivity contribution in [3.8, 4) is 5.75 Å². The Bertz CT molecular complexity index is 1300. The molecule has 0 aliphatic carbocycles. The first-order chi connectivity index (χ1) is 15.7. The molecule has 1 aromatic carbocycles. The number of halogens is 1. The van der Waals surface area contributed by atoms with Crippen LogP contribution in [0.4, 0.5) is 20.6 Å². The van der Waals surface area contributed by atoms with Gasteiger partial charge in [-0.15, -0.1) is 0 Å². The van der Waals surface area contributed by atoms with Crippen LogP contribution >= 0.6 is 0 Å². The molecule has 3 heterocycles. The number of aromatic nitrogens is 2. The summed E-state index contributed by atoms with van der Waals surface area (Å²) < 4.78 is 14.2. The van der Waals surface area contributed by atoms with Crippen molar-refractivity contribution in [3.05, 3.63) is 64.0 Å². The van der Waals surface area contributed by atoms with Crippen molar-refractivity contribution in [1.29, 1.82) is 0 Å². The molecule has 0 saturated carbocycles. The molecule has 11 heteroatoms. The van der Waals surface area contributed by atoms with Crippen molar-refractivity contribution < 1.29 is 19.1 Å². The molecule has 10 nitrogen and oxygen atoms in total. The second kappa shape index (κ2) is 8.41. The minimum atomic E-state index is -0.836. The van der Waals surface area contributed by atoms with E-state index in [-0.39, 0.29) is 18.2 Å². The first-order valence-electron chi connectivity index (χ1n) is 10.2. The second-order valence-electron chi connectivity index (χ2n) is 7.95. The van der Waals surface area contributed by atoms with Gasteiger partial charge in [0.1, 0.15) is 5.82 Å². The van der Waals surface area contributed by atoms with Crippen LogP contribution < -0.4 is 20.7 Å². The fourth-order valence-corrected chi connectivity index (χ4v) is 3.54. The molecule has 0 bridgehead atoms. The summed E-state index contributed by atoms with van der Waals surface area (Å²) in [5.41, 5.74) is 0.359. The van der Waals surface area contributed by atoms with Crippen molar-refractivity contribution in [2.75, 3.05) is 44.0 Å². The van der Waals surface area contributed by atoms with Gasteiger partial charge in [0.2, 0.25) is 5.75 Å². The van der Waals surface area contributed by atoms with Crippen molar-refractivity contribution >= 4 is 29.0 Å². The van der Waals surface area contributed by atoms with Gasteiger partial charge in [0.15, 0.2) is 11.3 Å². The third-order valence-corrected chi connectivity index (χ3v) is 5.47. The van der Waals surface area contributed by atoms with Gasteiger partial charge < -0.3 is 20.2 Å². The summed E-state index contributed by atoms with van der Waals surface area (Å²) in [6.45, 7) is 0.913. The number of hydrogen-bond acceptors (Lipinski definition) is 6. The Labute approximate surface area is 188 Å². The number of amides is 3. The summed E-state index contributed by atoms with van der Waals surface area (Å²) in [5.74, 6) is -1.99. The van der Waals surface area contributed by atoms with Gasteiger partial charge in [-0.25, -0.2) is 14.2 Å². The van der Waals surface area contributed by atoms with E-state index >= 15 is 0 Å². The molecule has 3 amide bonds. The van der Waals surface area contributed by atoms with Gasteiger partial charge in [-0.1, -0.05) is 12.1 Å². The van der Waals surface area contributed by atoms with Crippen LogP contribution in [-0.2, 0) is 6.54 Å². The topological polar surface area (TPSA) is 110 Å². The number of urea groups is 1. The lowest BCUT2D eigenvalue weighted by Gasteiger charge is -2.22. The molecule has 0 unspecified atom stereocenters. The van der Waals surface area contributed by atoms with Gasteiger partial charge in [0.05, 0.1) is 11.4 Å². The number of carbonyl (C=O) groups excluding carboxylic acids is 2. The monoisotopic (exact) mass is 454 g/mol. The molecule has 0 spiro atoms. The second-order valence-corrected chi connectivity index (χ2v) is 7.95. The Morgan fingerprint density at radius 3 is 2.52 bits per heavy atom. The predicted molar refractivity (Wildman–Crippen MR) is 120 cm³/mol. The van der Waals surface area contributed by atoms with E-state index in [2.05, 4.69) is 10.3 Å². The molecular formula is C22H23FN6O4. The minimum absolute atomic E-state index is 0.0431. The maximum atomic E-state index is 13.1. The molecule has 4 rings (SSSR count). The standard InChI is InChI=1S/C22H23FN6O4/c1-26(2)15-10-16(28-9-8-27(3)22(28)33)19-25-17(18(30)21(32)29(19)12-15)20(31)24-11-13-4-6-14(23)7-5-13/h4-7,10,12,30H,8-9,11H2,1-3H3,(H,24,31). The lowest BCUT2D eigenvalue weighted by Crippen LogP contribution is -2.32. The number of aromatic hydroxyl groups is 1. The molecular weight excluding hydrogens is 431 g/mol. The zero-order valence-electron chi connectivity index (χ0n) is 18.4. The van der Waals surface area contributed by atoms with Gasteiger partial charge in [-0.05, 0) is 23.8 Å². The van der Waals surface area contributed by atoms with Crippen LogP contribution in [0, 0.1) is 5.82 Å². The summed E-state index contributed by atoms with van der Waals surface area (Å²) in [4.78, 5) is 47.4. The highest BCUT2D eigenvalue weighted by Crippen LogP contribution is 2.29. The number of anilines is 2. The van der Waals surface area contributed by atoms with Crippen molar-refractivity contribution in [2.24, 2.45) is 0 Å². The zero-order chi connectivity index (χ0) is 23.9. The van der Waals surface area contributed by atoms with Crippen molar-refractivity contribution in [2.45, 2.75) is 6.54 Å². The quantitative estimate of drug-likeness (QED) is 0.603. The fraction of sp³-hybridized carbons (Fsp3) is 0.273. The third kappa shape index (κ3) is 4.04. The first kappa shape index (κ1) is 22.1. The van der Waals surface area contributed by atoms with Gasteiger partial charge in [0, 0.05) is 47.0 Å². The highest BCUT2D eigenvalue weighted by atomic mass is 19.1. The maximum absolute atomic E-state index is 13.1. The zero-order valence-corrected chi connectivity index (χ0v) is 18.4. The number of fused-ring (bicyclic) bond motifs is 1. The molecule has 0 radical (unpaired) electrons. The SMILES string of the molecule is CN1CCN(c2cc(N(C)C)cn3c(=O)c(O)c(C(=O)NCc4ccc(F)cc4)nc23)C1=O. The molecule has 33 heavy (non-hydrogen) atoms. The van der Waals surface area contributed by atoms with E-state index in [1.165, 1.54) is 40.3 Å². The van der Waals surface area contributed by atoms with Gasteiger partial charge in [0.25, 0.3) is 5.91 Å². The molecule has 1 aliphatic heterocycles. The normalized spacial score (nSPS) is 13.6. The highest BCUT2D eigenvalue weighted by molar-refractivity contribution is 6.00. The van der Waals surface area contributed by atoms with E-state index in [1.54, 1.807) is 32.1 Å². The summed E-state index contributed by atoms with van der Waals surface area (Å²) in [7, 11) is 5.22. The van der Waals surface area contributed by atoms with Crippen LogP contribution in [0.2, 0.25) is 0 Å². The number of rotatable bonds is 5. The smallest absolute Gasteiger partial charge is 0.324 e. The number of pyridine rings is 1. The van der Waals surface area contributed by atoms with Crippen LogP contribution in [0.25, 0.3) is 5.65 Å². The van der Waals surface area contributed by atoms with Gasteiger partial charge in [-0.3, -0.25) is 18.9 Å². The molecule has 1 aliphatic rings. The summed E-state index contributed by atoms with van der Waals surface area (Å²) in [6, 6.07) is 6.98. The van der Waals surface area contributed by atoms with Crippen LogP contribution in [0.1, 0.15) is 16.1 Å². The third-order valence-electron chi connectivity index (χ3n) is 5.47. The molecule has 1 fully saturated rings. The number of likely N-dealkylation sites (N-methyl/N-ethyl adjacent to an activating group) is 1. The summed E-state index contributed by atoms with van der Waals surface area (Å²) in [6.07, 6.45) is 1.48. The predicted octanol–water partition coefficient (Wildman–Crippen LogP) is 1.41. The Kier molecular flexibility index (Phi) is 5.62. The number of carbonyl (C=O) groups is 2. The maximum Gasteiger partial charge on any atom is 0.324 e.